The lowest BCUT2D eigenvalue weighted by atomic mass is 9.83. The zero-order chi connectivity index (χ0) is 22.8. The Hall–Kier alpha value is -2.83. The van der Waals surface area contributed by atoms with E-state index in [0.717, 1.165) is 49.3 Å². The van der Waals surface area contributed by atoms with Crippen molar-refractivity contribution in [3.8, 4) is 0 Å². The van der Waals surface area contributed by atoms with E-state index in [1.54, 1.807) is 19.1 Å². The number of alkyl halides is 3. The Bertz CT molecular complexity index is 979. The van der Waals surface area contributed by atoms with Crippen LogP contribution in [0.5, 0.6) is 0 Å². The van der Waals surface area contributed by atoms with Crippen LogP contribution >= 0.6 is 0 Å². The summed E-state index contributed by atoms with van der Waals surface area (Å²) in [5.74, 6) is -2.57. The maximum atomic E-state index is 14.0. The first-order valence-electron chi connectivity index (χ1n) is 10.5. The second-order valence-electron chi connectivity index (χ2n) is 8.30. The van der Waals surface area contributed by atoms with Gasteiger partial charge in [-0.15, -0.1) is 0 Å². The fourth-order valence-electron chi connectivity index (χ4n) is 4.34. The van der Waals surface area contributed by atoms with Gasteiger partial charge >= 0.3 is 6.18 Å². The summed E-state index contributed by atoms with van der Waals surface area (Å²) in [6.45, 7) is 3.67. The van der Waals surface area contributed by atoms with Gasteiger partial charge in [-0.1, -0.05) is 49.1 Å². The van der Waals surface area contributed by atoms with Gasteiger partial charge in [0, 0.05) is 11.6 Å². The average Bonchev–Trinajstić information content (AvgIpc) is 2.70. The molecule has 0 aliphatic heterocycles. The van der Waals surface area contributed by atoms with Gasteiger partial charge in [-0.05, 0) is 55.5 Å². The first kappa shape index (κ1) is 22.8. The summed E-state index contributed by atoms with van der Waals surface area (Å²) in [6.07, 6.45) is -0.0425. The Kier molecular flexibility index (Phi) is 6.72. The van der Waals surface area contributed by atoms with Crippen LogP contribution in [0.4, 0.5) is 13.2 Å². The second kappa shape index (κ2) is 9.12. The van der Waals surface area contributed by atoms with Crippen molar-refractivity contribution in [2.24, 2.45) is 5.73 Å². The quantitative estimate of drug-likeness (QED) is 0.698. The third-order valence-electron chi connectivity index (χ3n) is 5.90. The van der Waals surface area contributed by atoms with Crippen molar-refractivity contribution in [3.63, 3.8) is 0 Å². The molecule has 3 rings (SSSR count). The third-order valence-corrected chi connectivity index (χ3v) is 5.90. The molecule has 0 heterocycles. The zero-order valence-electron chi connectivity index (χ0n) is 17.7. The number of benzene rings is 2. The lowest BCUT2D eigenvalue weighted by molar-refractivity contribution is -0.138. The van der Waals surface area contributed by atoms with Gasteiger partial charge in [0.25, 0.3) is 0 Å². The van der Waals surface area contributed by atoms with Crippen LogP contribution in [-0.4, -0.2) is 17.9 Å². The molecule has 1 saturated carbocycles. The van der Waals surface area contributed by atoms with Crippen molar-refractivity contribution < 1.29 is 22.8 Å². The fraction of sp³-hybridized carbons (Fsp3) is 0.417. The normalized spacial score (nSPS) is 16.0. The van der Waals surface area contributed by atoms with Crippen molar-refractivity contribution in [2.45, 2.75) is 64.1 Å². The Morgan fingerprint density at radius 3 is 2.23 bits per heavy atom. The van der Waals surface area contributed by atoms with Crippen LogP contribution in [0, 0.1) is 13.8 Å². The first-order valence-corrected chi connectivity index (χ1v) is 10.5. The average molecular weight is 432 g/mol. The summed E-state index contributed by atoms with van der Waals surface area (Å²) in [5, 5.41) is 2.98. The van der Waals surface area contributed by atoms with Gasteiger partial charge < -0.3 is 11.1 Å². The Labute approximate surface area is 180 Å². The van der Waals surface area contributed by atoms with Gasteiger partial charge in [-0.2, -0.15) is 13.2 Å². The van der Waals surface area contributed by atoms with Crippen molar-refractivity contribution in [1.82, 2.24) is 5.32 Å². The van der Waals surface area contributed by atoms with Gasteiger partial charge in [0.1, 0.15) is 0 Å². The molecule has 0 radical (unpaired) electrons. The molecule has 1 unspecified atom stereocenters. The number of halogens is 3. The summed E-state index contributed by atoms with van der Waals surface area (Å²) in [6, 6.07) is 8.48. The van der Waals surface area contributed by atoms with E-state index >= 15 is 0 Å². The third kappa shape index (κ3) is 5.27. The van der Waals surface area contributed by atoms with Crippen molar-refractivity contribution in [3.05, 3.63) is 69.8 Å². The van der Waals surface area contributed by atoms with Gasteiger partial charge in [0.2, 0.25) is 11.8 Å². The highest BCUT2D eigenvalue weighted by atomic mass is 19.4. The molecule has 1 fully saturated rings. The lowest BCUT2D eigenvalue weighted by Crippen LogP contribution is -2.40. The Morgan fingerprint density at radius 1 is 1.00 bits per heavy atom. The summed E-state index contributed by atoms with van der Waals surface area (Å²) in [7, 11) is 0. The number of hydrogen-bond donors (Lipinski definition) is 2. The minimum atomic E-state index is -4.75. The van der Waals surface area contributed by atoms with Crippen LogP contribution in [0.1, 0.15) is 76.2 Å². The summed E-state index contributed by atoms with van der Waals surface area (Å²) >= 11 is 0. The smallest absolute Gasteiger partial charge is 0.366 e. The molecule has 3 N–H and O–H groups in total. The van der Waals surface area contributed by atoms with Crippen LogP contribution in [0.3, 0.4) is 0 Å². The minimum Gasteiger partial charge on any atom is -0.366 e. The molecule has 0 bridgehead atoms. The molecule has 2 amide bonds. The molecule has 31 heavy (non-hydrogen) atoms. The number of carbonyl (C=O) groups excluding carboxylic acids is 2. The highest BCUT2D eigenvalue weighted by molar-refractivity contribution is 5.94. The van der Waals surface area contributed by atoms with Gasteiger partial charge in [-0.25, -0.2) is 0 Å². The summed E-state index contributed by atoms with van der Waals surface area (Å²) in [4.78, 5) is 24.9. The monoisotopic (exact) mass is 432 g/mol. The number of rotatable bonds is 5. The largest absolute Gasteiger partial charge is 0.416 e. The van der Waals surface area contributed by atoms with E-state index in [4.69, 9.17) is 5.73 Å². The molecular formula is C24H27F3N2O2. The Balaban J connectivity index is 2.13. The number of aryl methyl sites for hydroxylation is 2. The molecule has 166 valence electrons. The summed E-state index contributed by atoms with van der Waals surface area (Å²) < 4.78 is 41.9. The molecular weight excluding hydrogens is 405 g/mol. The maximum Gasteiger partial charge on any atom is 0.416 e. The van der Waals surface area contributed by atoms with Gasteiger partial charge in [0.15, 0.2) is 0 Å². The van der Waals surface area contributed by atoms with Crippen LogP contribution in [0.2, 0.25) is 0 Å². The molecule has 4 nitrogen and oxygen atoms in total. The number of primary amides is 1. The predicted octanol–water partition coefficient (Wildman–Crippen LogP) is 5.00. The topological polar surface area (TPSA) is 72.2 Å². The van der Waals surface area contributed by atoms with E-state index < -0.39 is 29.5 Å². The molecule has 1 atom stereocenters. The highest BCUT2D eigenvalue weighted by Crippen LogP contribution is 2.39. The van der Waals surface area contributed by atoms with E-state index in [1.807, 2.05) is 13.0 Å². The molecule has 1 aliphatic carbocycles. The first-order chi connectivity index (χ1) is 14.6. The molecule has 0 aromatic heterocycles. The minimum absolute atomic E-state index is 0.0475. The number of hydrogen-bond acceptors (Lipinski definition) is 2. The van der Waals surface area contributed by atoms with Crippen LogP contribution in [0.25, 0.3) is 0 Å². The maximum absolute atomic E-state index is 14.0. The lowest BCUT2D eigenvalue weighted by Gasteiger charge is -2.28. The SMILES string of the molecule is Cc1ccc(C(C(=O)NC2CCCCC2)c2ccc(C(N)=O)cc2C(F)(F)F)c(C)c1. The number of carbonyl (C=O) groups is 2. The van der Waals surface area contributed by atoms with Crippen LogP contribution < -0.4 is 11.1 Å². The van der Waals surface area contributed by atoms with E-state index in [1.165, 1.54) is 12.1 Å². The van der Waals surface area contributed by atoms with Crippen LogP contribution in [-0.2, 0) is 11.0 Å². The fourth-order valence-corrected chi connectivity index (χ4v) is 4.34. The number of nitrogens with two attached hydrogens (primary N) is 1. The van der Waals surface area contributed by atoms with Gasteiger partial charge in [-0.3, -0.25) is 9.59 Å². The van der Waals surface area contributed by atoms with Crippen LogP contribution in [0.15, 0.2) is 36.4 Å². The molecule has 2 aromatic rings. The molecule has 7 heteroatoms. The molecule has 0 saturated heterocycles. The predicted molar refractivity (Wildman–Crippen MR) is 113 cm³/mol. The summed E-state index contributed by atoms with van der Waals surface area (Å²) in [5.41, 5.74) is 5.95. The zero-order valence-corrected chi connectivity index (χ0v) is 17.7. The highest BCUT2D eigenvalue weighted by Gasteiger charge is 2.39. The number of nitrogens with one attached hydrogen (secondary N) is 1. The molecule has 0 spiro atoms. The Morgan fingerprint density at radius 2 is 1.65 bits per heavy atom. The van der Waals surface area contributed by atoms with E-state index in [2.05, 4.69) is 5.32 Å². The molecule has 1 aliphatic rings. The van der Waals surface area contributed by atoms with Crippen molar-refractivity contribution in [2.75, 3.05) is 0 Å². The molecule has 2 aromatic carbocycles. The van der Waals surface area contributed by atoms with E-state index in [-0.39, 0.29) is 17.2 Å². The van der Waals surface area contributed by atoms with E-state index in [9.17, 15) is 22.8 Å². The second-order valence-corrected chi connectivity index (χ2v) is 8.30. The number of amides is 2. The standard InChI is InChI=1S/C24H27F3N2O2/c1-14-8-10-18(15(2)12-14)21(23(31)29-17-6-4-3-5-7-17)19-11-9-16(22(28)30)13-20(19)24(25,26)27/h8-13,17,21H,3-7H2,1-2H3,(H2,28,30)(H,29,31). The van der Waals surface area contributed by atoms with Crippen molar-refractivity contribution in [1.29, 1.82) is 0 Å². The van der Waals surface area contributed by atoms with Crippen molar-refractivity contribution >= 4 is 11.8 Å². The van der Waals surface area contributed by atoms with Gasteiger partial charge in [0.05, 0.1) is 11.5 Å². The van der Waals surface area contributed by atoms with E-state index in [0.29, 0.717) is 5.56 Å².